The van der Waals surface area contributed by atoms with E-state index in [4.69, 9.17) is 0 Å². The highest BCUT2D eigenvalue weighted by Crippen LogP contribution is 2.40. The lowest BCUT2D eigenvalue weighted by Gasteiger charge is -2.25. The summed E-state index contributed by atoms with van der Waals surface area (Å²) in [6, 6.07) is 16.2. The van der Waals surface area contributed by atoms with Gasteiger partial charge in [-0.25, -0.2) is 0 Å². The lowest BCUT2D eigenvalue weighted by Crippen LogP contribution is -2.29. The van der Waals surface area contributed by atoms with Crippen molar-refractivity contribution >= 4 is 33.4 Å². The number of aliphatic hydroxyl groups excluding tert-OH is 1. The smallest absolute Gasteiger partial charge is 0.295 e. The number of hydrogen-bond acceptors (Lipinski definition) is 4. The molecule has 1 aliphatic heterocycles. The van der Waals surface area contributed by atoms with E-state index in [1.54, 1.807) is 30.6 Å². The van der Waals surface area contributed by atoms with E-state index in [2.05, 4.69) is 34.8 Å². The summed E-state index contributed by atoms with van der Waals surface area (Å²) in [6.45, 7) is 6.34. The zero-order valence-electron chi connectivity index (χ0n) is 18.7. The zero-order valence-corrected chi connectivity index (χ0v) is 20.3. The Morgan fingerprint density at radius 3 is 2.45 bits per heavy atom. The van der Waals surface area contributed by atoms with E-state index in [0.29, 0.717) is 11.5 Å². The van der Waals surface area contributed by atoms with Crippen molar-refractivity contribution in [3.63, 3.8) is 0 Å². The number of pyridine rings is 1. The van der Waals surface area contributed by atoms with Crippen LogP contribution in [0.2, 0.25) is 0 Å². The lowest BCUT2D eigenvalue weighted by atomic mass is 9.93. The van der Waals surface area contributed by atoms with Gasteiger partial charge in [0.25, 0.3) is 11.7 Å². The van der Waals surface area contributed by atoms with E-state index >= 15 is 0 Å². The second kappa shape index (κ2) is 9.32. The molecule has 3 aromatic rings. The molecule has 0 bridgehead atoms. The van der Waals surface area contributed by atoms with E-state index < -0.39 is 17.7 Å². The first-order valence-electron chi connectivity index (χ1n) is 10.8. The number of ketones is 1. The predicted molar refractivity (Wildman–Crippen MR) is 131 cm³/mol. The molecule has 2 aromatic carbocycles. The van der Waals surface area contributed by atoms with Gasteiger partial charge in [0.15, 0.2) is 0 Å². The number of aromatic nitrogens is 1. The van der Waals surface area contributed by atoms with Crippen molar-refractivity contribution in [1.82, 2.24) is 9.88 Å². The number of amides is 1. The van der Waals surface area contributed by atoms with Crippen molar-refractivity contribution in [2.75, 3.05) is 0 Å². The molecular formula is C27H25BrN2O3. The van der Waals surface area contributed by atoms with Crippen LogP contribution < -0.4 is 0 Å². The molecule has 1 amide bonds. The number of Topliss-reactive ketones (excluding diaryl/α,β-unsaturated/α-hetero) is 1. The van der Waals surface area contributed by atoms with Crippen LogP contribution in [0.5, 0.6) is 0 Å². The highest BCUT2D eigenvalue weighted by atomic mass is 79.9. The van der Waals surface area contributed by atoms with Gasteiger partial charge >= 0.3 is 0 Å². The number of halogens is 1. The van der Waals surface area contributed by atoms with Crippen LogP contribution >= 0.6 is 15.9 Å². The molecule has 0 radical (unpaired) electrons. The van der Waals surface area contributed by atoms with Gasteiger partial charge in [-0.2, -0.15) is 0 Å². The normalized spacial score (nSPS) is 17.7. The van der Waals surface area contributed by atoms with Gasteiger partial charge < -0.3 is 10.0 Å². The second-order valence-corrected chi connectivity index (χ2v) is 9.43. The van der Waals surface area contributed by atoms with Gasteiger partial charge in [-0.05, 0) is 53.3 Å². The SMILES string of the molecule is Cc1cc(/C(O)=C2/C(=O)C(=O)N(Cc3cccnc3)C2c2ccc(C(C)C)cc2)ccc1Br. The Morgan fingerprint density at radius 1 is 1.12 bits per heavy atom. The van der Waals surface area contributed by atoms with E-state index in [0.717, 1.165) is 26.7 Å². The molecule has 1 aliphatic rings. The van der Waals surface area contributed by atoms with Gasteiger partial charge in [0.2, 0.25) is 0 Å². The Morgan fingerprint density at radius 2 is 1.85 bits per heavy atom. The Bertz CT molecular complexity index is 1230. The highest BCUT2D eigenvalue weighted by Gasteiger charge is 2.46. The molecule has 2 heterocycles. The molecule has 1 aromatic heterocycles. The third-order valence-corrected chi connectivity index (χ3v) is 6.86. The molecule has 0 aliphatic carbocycles. The van der Waals surface area contributed by atoms with Crippen LogP contribution in [0, 0.1) is 6.92 Å². The lowest BCUT2D eigenvalue weighted by molar-refractivity contribution is -0.140. The van der Waals surface area contributed by atoms with Gasteiger partial charge in [0.05, 0.1) is 11.6 Å². The molecule has 1 saturated heterocycles. The van der Waals surface area contributed by atoms with Crippen LogP contribution in [-0.2, 0) is 16.1 Å². The highest BCUT2D eigenvalue weighted by molar-refractivity contribution is 9.10. The van der Waals surface area contributed by atoms with Crippen molar-refractivity contribution in [1.29, 1.82) is 0 Å². The fourth-order valence-electron chi connectivity index (χ4n) is 4.09. The van der Waals surface area contributed by atoms with Crippen molar-refractivity contribution in [2.24, 2.45) is 0 Å². The van der Waals surface area contributed by atoms with Crippen LogP contribution in [0.25, 0.3) is 5.76 Å². The van der Waals surface area contributed by atoms with E-state index in [-0.39, 0.29) is 17.9 Å². The summed E-state index contributed by atoms with van der Waals surface area (Å²) in [5, 5.41) is 11.2. The summed E-state index contributed by atoms with van der Waals surface area (Å²) in [4.78, 5) is 32.0. The summed E-state index contributed by atoms with van der Waals surface area (Å²) >= 11 is 3.46. The van der Waals surface area contributed by atoms with Crippen LogP contribution in [0.4, 0.5) is 0 Å². The van der Waals surface area contributed by atoms with E-state index in [1.165, 1.54) is 4.90 Å². The van der Waals surface area contributed by atoms with Crippen LogP contribution in [0.15, 0.2) is 77.0 Å². The minimum atomic E-state index is -0.699. The number of likely N-dealkylation sites (tertiary alicyclic amines) is 1. The Hall–Kier alpha value is -3.25. The Balaban J connectivity index is 1.86. The number of carbonyl (C=O) groups excluding carboxylic acids is 2. The maximum Gasteiger partial charge on any atom is 0.295 e. The van der Waals surface area contributed by atoms with Gasteiger partial charge in [0.1, 0.15) is 5.76 Å². The number of carbonyl (C=O) groups is 2. The summed E-state index contributed by atoms with van der Waals surface area (Å²) in [7, 11) is 0. The third kappa shape index (κ3) is 4.48. The molecule has 0 saturated carbocycles. The molecular weight excluding hydrogens is 480 g/mol. The standard InChI is InChI=1S/C27H25BrN2O3/c1-16(2)19-6-8-20(9-7-19)24-23(25(31)21-10-11-22(28)17(3)13-21)26(32)27(33)30(24)15-18-5-4-12-29-14-18/h4-14,16,24,31H,15H2,1-3H3/b25-23-. The molecule has 33 heavy (non-hydrogen) atoms. The van der Waals surface area contributed by atoms with Crippen molar-refractivity contribution in [2.45, 2.75) is 39.3 Å². The number of aryl methyl sites for hydroxylation is 1. The number of nitrogens with zero attached hydrogens (tertiary/aromatic N) is 2. The van der Waals surface area contributed by atoms with Gasteiger partial charge in [-0.15, -0.1) is 0 Å². The van der Waals surface area contributed by atoms with Crippen LogP contribution in [0.1, 0.15) is 53.6 Å². The van der Waals surface area contributed by atoms with Gasteiger partial charge in [-0.3, -0.25) is 14.6 Å². The number of rotatable bonds is 5. The summed E-state index contributed by atoms with van der Waals surface area (Å²) < 4.78 is 0.900. The summed E-state index contributed by atoms with van der Waals surface area (Å²) in [6.07, 6.45) is 3.34. The predicted octanol–water partition coefficient (Wildman–Crippen LogP) is 5.90. The molecule has 1 atom stereocenters. The monoisotopic (exact) mass is 504 g/mol. The maximum atomic E-state index is 13.2. The average Bonchev–Trinajstić information content (AvgIpc) is 3.06. The maximum absolute atomic E-state index is 13.2. The van der Waals surface area contributed by atoms with Gasteiger partial charge in [0, 0.05) is 29.0 Å². The Kier molecular flexibility index (Phi) is 6.47. The summed E-state index contributed by atoms with van der Waals surface area (Å²) in [5.41, 5.74) is 4.26. The fourth-order valence-corrected chi connectivity index (χ4v) is 4.34. The van der Waals surface area contributed by atoms with Crippen LogP contribution in [0.3, 0.4) is 0 Å². The first-order chi connectivity index (χ1) is 15.8. The zero-order chi connectivity index (χ0) is 23.7. The minimum absolute atomic E-state index is 0.0999. The largest absolute Gasteiger partial charge is 0.507 e. The summed E-state index contributed by atoms with van der Waals surface area (Å²) in [5.74, 6) is -1.14. The van der Waals surface area contributed by atoms with Gasteiger partial charge in [-0.1, -0.05) is 66.2 Å². The average molecular weight is 505 g/mol. The van der Waals surface area contributed by atoms with E-state index in [9.17, 15) is 14.7 Å². The molecule has 168 valence electrons. The van der Waals surface area contributed by atoms with Crippen molar-refractivity contribution < 1.29 is 14.7 Å². The number of benzene rings is 2. The number of aliphatic hydroxyl groups is 1. The number of hydrogen-bond donors (Lipinski definition) is 1. The molecule has 5 nitrogen and oxygen atoms in total. The Labute approximate surface area is 201 Å². The topological polar surface area (TPSA) is 70.5 Å². The third-order valence-electron chi connectivity index (χ3n) is 5.97. The molecule has 0 spiro atoms. The second-order valence-electron chi connectivity index (χ2n) is 8.57. The minimum Gasteiger partial charge on any atom is -0.507 e. The van der Waals surface area contributed by atoms with Crippen LogP contribution in [-0.4, -0.2) is 26.7 Å². The first kappa shape index (κ1) is 22.9. The molecule has 1 unspecified atom stereocenters. The molecule has 1 fully saturated rings. The fraction of sp³-hybridized carbons (Fsp3) is 0.222. The molecule has 4 rings (SSSR count). The quantitative estimate of drug-likeness (QED) is 0.266. The van der Waals surface area contributed by atoms with Crippen molar-refractivity contribution in [3.05, 3.63) is 105 Å². The van der Waals surface area contributed by atoms with Crippen molar-refractivity contribution in [3.8, 4) is 0 Å². The first-order valence-corrected chi connectivity index (χ1v) is 11.6. The molecule has 6 heteroatoms. The molecule has 1 N–H and O–H groups in total. The van der Waals surface area contributed by atoms with E-state index in [1.807, 2.05) is 43.3 Å².